The highest BCUT2D eigenvalue weighted by atomic mass is 14.6. The smallest absolute Gasteiger partial charge is 0.0273 e. The quantitative estimate of drug-likeness (QED) is 0.283. The number of hydrogen-bond donors (Lipinski definition) is 0. The van der Waals surface area contributed by atoms with Crippen LogP contribution in [0.3, 0.4) is 0 Å². The summed E-state index contributed by atoms with van der Waals surface area (Å²) in [5.74, 6) is 0.440. The molecule has 0 spiro atoms. The first-order valence-corrected chi connectivity index (χ1v) is 11.3. The third-order valence-electron chi connectivity index (χ3n) is 6.04. The first-order chi connectivity index (χ1) is 16.2. The maximum atomic E-state index is 4.15. The van der Waals surface area contributed by atoms with E-state index in [2.05, 4.69) is 115 Å². The molecule has 0 aliphatic heterocycles. The summed E-state index contributed by atoms with van der Waals surface area (Å²) in [5, 5.41) is 0. The normalized spacial score (nSPS) is 11.0. The lowest BCUT2D eigenvalue weighted by atomic mass is 9.90. The maximum absolute atomic E-state index is 4.15. The summed E-state index contributed by atoms with van der Waals surface area (Å²) in [5.41, 5.74) is 11.0. The van der Waals surface area contributed by atoms with Gasteiger partial charge in [-0.2, -0.15) is 0 Å². The van der Waals surface area contributed by atoms with Crippen LogP contribution in [0.15, 0.2) is 116 Å². The van der Waals surface area contributed by atoms with Gasteiger partial charge in [0.15, 0.2) is 0 Å². The third-order valence-corrected chi connectivity index (χ3v) is 6.04. The molecule has 0 N–H and O–H groups in total. The zero-order valence-corrected chi connectivity index (χ0v) is 18.9. The molecule has 0 saturated carbocycles. The van der Waals surface area contributed by atoms with Crippen LogP contribution >= 0.6 is 0 Å². The molecule has 0 unspecified atom stereocenters. The summed E-state index contributed by atoms with van der Waals surface area (Å²) in [6, 6.07) is 32.7. The molecule has 0 saturated heterocycles. The highest BCUT2D eigenvalue weighted by Gasteiger charge is 2.10. The summed E-state index contributed by atoms with van der Waals surface area (Å²) < 4.78 is 0. The van der Waals surface area contributed by atoms with Crippen LogP contribution in [0.25, 0.3) is 44.5 Å². The van der Waals surface area contributed by atoms with Gasteiger partial charge in [0.25, 0.3) is 0 Å². The van der Waals surface area contributed by atoms with Gasteiger partial charge in [-0.15, -0.1) is 0 Å². The minimum absolute atomic E-state index is 0.440. The molecule has 2 nitrogen and oxygen atoms in total. The fraction of sp³-hybridized carbons (Fsp3) is 0.0968. The predicted octanol–water partition coefficient (Wildman–Crippen LogP) is 8.27. The van der Waals surface area contributed by atoms with Crippen molar-refractivity contribution in [2.45, 2.75) is 19.8 Å². The van der Waals surface area contributed by atoms with E-state index in [-0.39, 0.29) is 0 Å². The van der Waals surface area contributed by atoms with Crippen LogP contribution in [0.2, 0.25) is 0 Å². The predicted molar refractivity (Wildman–Crippen MR) is 138 cm³/mol. The minimum Gasteiger partial charge on any atom is -0.265 e. The lowest BCUT2D eigenvalue weighted by molar-refractivity contribution is 0.867. The van der Waals surface area contributed by atoms with E-state index in [1.807, 2.05) is 24.8 Å². The molecule has 0 fully saturated rings. The van der Waals surface area contributed by atoms with Gasteiger partial charge in [0.2, 0.25) is 0 Å². The van der Waals surface area contributed by atoms with Crippen LogP contribution in [-0.2, 0) is 0 Å². The Morgan fingerprint density at radius 1 is 0.424 bits per heavy atom. The van der Waals surface area contributed by atoms with E-state index in [4.69, 9.17) is 0 Å². The lowest BCUT2D eigenvalue weighted by Gasteiger charge is -2.14. The summed E-state index contributed by atoms with van der Waals surface area (Å²) in [6.45, 7) is 4.51. The lowest BCUT2D eigenvalue weighted by Crippen LogP contribution is -1.92. The summed E-state index contributed by atoms with van der Waals surface area (Å²) in [6.07, 6.45) is 7.37. The second-order valence-corrected chi connectivity index (χ2v) is 8.63. The van der Waals surface area contributed by atoms with Crippen LogP contribution < -0.4 is 0 Å². The fourth-order valence-electron chi connectivity index (χ4n) is 4.16. The van der Waals surface area contributed by atoms with Crippen LogP contribution in [-0.4, -0.2) is 9.97 Å². The zero-order valence-electron chi connectivity index (χ0n) is 18.9. The van der Waals surface area contributed by atoms with Crippen molar-refractivity contribution in [2.24, 2.45) is 0 Å². The van der Waals surface area contributed by atoms with Gasteiger partial charge >= 0.3 is 0 Å². The number of nitrogens with zero attached hydrogens (tertiary/aromatic N) is 2. The molecule has 0 radical (unpaired) electrons. The van der Waals surface area contributed by atoms with Crippen molar-refractivity contribution in [3.8, 4) is 44.5 Å². The number of pyridine rings is 2. The summed E-state index contributed by atoms with van der Waals surface area (Å²) in [7, 11) is 0. The molecule has 2 aromatic heterocycles. The number of benzene rings is 3. The van der Waals surface area contributed by atoms with Crippen molar-refractivity contribution in [1.82, 2.24) is 9.97 Å². The zero-order chi connectivity index (χ0) is 22.6. The Morgan fingerprint density at radius 2 is 0.788 bits per heavy atom. The average Bonchev–Trinajstić information content (AvgIpc) is 2.89. The SMILES string of the molecule is CC(C)c1cc(-c2cccc(-c3ccncc3)c2)cc(-c2cccc(-c3ccncc3)c2)c1. The van der Waals surface area contributed by atoms with Crippen molar-refractivity contribution >= 4 is 0 Å². The Balaban J connectivity index is 1.60. The van der Waals surface area contributed by atoms with Crippen molar-refractivity contribution < 1.29 is 0 Å². The molecule has 2 heterocycles. The van der Waals surface area contributed by atoms with Gasteiger partial charge in [0, 0.05) is 24.8 Å². The molecule has 0 amide bonds. The van der Waals surface area contributed by atoms with Crippen LogP contribution in [0.4, 0.5) is 0 Å². The standard InChI is InChI=1S/C31H26N2/c1-22(2)29-19-30(27-7-3-5-25(17-27)23-9-13-32-14-10-23)21-31(20-29)28-8-4-6-26(18-28)24-11-15-33-16-12-24/h3-22H,1-2H3. The van der Waals surface area contributed by atoms with Crippen molar-refractivity contribution in [2.75, 3.05) is 0 Å². The maximum Gasteiger partial charge on any atom is 0.0273 e. The van der Waals surface area contributed by atoms with E-state index in [0.717, 1.165) is 0 Å². The van der Waals surface area contributed by atoms with Crippen molar-refractivity contribution in [1.29, 1.82) is 0 Å². The summed E-state index contributed by atoms with van der Waals surface area (Å²) in [4.78, 5) is 8.31. The Hall–Kier alpha value is -4.04. The third kappa shape index (κ3) is 4.61. The highest BCUT2D eigenvalue weighted by molar-refractivity contribution is 5.79. The number of aromatic nitrogens is 2. The molecule has 0 aliphatic carbocycles. The van der Waals surface area contributed by atoms with Gasteiger partial charge in [-0.3, -0.25) is 9.97 Å². The molecule has 0 aliphatic rings. The Labute approximate surface area is 195 Å². The minimum atomic E-state index is 0.440. The molecule has 0 atom stereocenters. The second kappa shape index (κ2) is 9.22. The molecular formula is C31H26N2. The molecule has 5 aromatic rings. The number of rotatable bonds is 5. The van der Waals surface area contributed by atoms with Gasteiger partial charge in [0.05, 0.1) is 0 Å². The monoisotopic (exact) mass is 426 g/mol. The van der Waals surface area contributed by atoms with Gasteiger partial charge in [-0.05, 0) is 98.5 Å². The topological polar surface area (TPSA) is 25.8 Å². The first kappa shape index (κ1) is 20.8. The van der Waals surface area contributed by atoms with E-state index in [9.17, 15) is 0 Å². The Morgan fingerprint density at radius 3 is 1.18 bits per heavy atom. The molecule has 5 rings (SSSR count). The molecule has 33 heavy (non-hydrogen) atoms. The molecule has 3 aromatic carbocycles. The van der Waals surface area contributed by atoms with E-state index in [1.54, 1.807) is 0 Å². The van der Waals surface area contributed by atoms with Crippen LogP contribution in [0.1, 0.15) is 25.3 Å². The molecule has 160 valence electrons. The molecule has 2 heteroatoms. The van der Waals surface area contributed by atoms with Gasteiger partial charge in [-0.1, -0.05) is 62.4 Å². The number of hydrogen-bond acceptors (Lipinski definition) is 2. The van der Waals surface area contributed by atoms with Crippen molar-refractivity contribution in [3.05, 3.63) is 121 Å². The first-order valence-electron chi connectivity index (χ1n) is 11.3. The van der Waals surface area contributed by atoms with E-state index >= 15 is 0 Å². The van der Waals surface area contributed by atoms with Crippen molar-refractivity contribution in [3.63, 3.8) is 0 Å². The largest absolute Gasteiger partial charge is 0.265 e. The van der Waals surface area contributed by atoms with E-state index in [1.165, 1.54) is 50.1 Å². The van der Waals surface area contributed by atoms with Crippen LogP contribution in [0.5, 0.6) is 0 Å². The summed E-state index contributed by atoms with van der Waals surface area (Å²) >= 11 is 0. The second-order valence-electron chi connectivity index (χ2n) is 8.63. The van der Waals surface area contributed by atoms with Crippen LogP contribution in [0, 0.1) is 0 Å². The molecular weight excluding hydrogens is 400 g/mol. The van der Waals surface area contributed by atoms with E-state index < -0.39 is 0 Å². The van der Waals surface area contributed by atoms with Gasteiger partial charge < -0.3 is 0 Å². The van der Waals surface area contributed by atoms with E-state index in [0.29, 0.717) is 5.92 Å². The van der Waals surface area contributed by atoms with Gasteiger partial charge in [-0.25, -0.2) is 0 Å². The fourth-order valence-corrected chi connectivity index (χ4v) is 4.16. The Bertz CT molecular complexity index is 1270. The van der Waals surface area contributed by atoms with Gasteiger partial charge in [0.1, 0.15) is 0 Å². The highest BCUT2D eigenvalue weighted by Crippen LogP contribution is 2.34. The Kier molecular flexibility index (Phi) is 5.82. The molecule has 0 bridgehead atoms. The average molecular weight is 427 g/mol.